The molecule has 0 radical (unpaired) electrons. The molecule has 0 heterocycles. The summed E-state index contributed by atoms with van der Waals surface area (Å²) in [5, 5.41) is 10.4. The minimum atomic E-state index is -4.88. The maximum atomic E-state index is 12.5. The molecule has 98 valence electrons. The zero-order valence-corrected chi connectivity index (χ0v) is 8.95. The van der Waals surface area contributed by atoms with Crippen molar-refractivity contribution in [1.29, 1.82) is 0 Å². The molecule has 1 aromatic carbocycles. The summed E-state index contributed by atoms with van der Waals surface area (Å²) < 4.78 is 37.6. The van der Waals surface area contributed by atoms with Crippen LogP contribution < -0.4 is 5.48 Å². The molecule has 0 amide bonds. The number of hydrogen-bond donors (Lipinski definition) is 1. The van der Waals surface area contributed by atoms with E-state index in [9.17, 15) is 28.1 Å². The summed E-state index contributed by atoms with van der Waals surface area (Å²) in [5.74, 6) is -0.762. The lowest BCUT2D eigenvalue weighted by Gasteiger charge is -2.10. The number of nitro groups is 1. The van der Waals surface area contributed by atoms with Crippen LogP contribution in [0.2, 0.25) is 0 Å². The monoisotopic (exact) mass is 264 g/mol. The first-order chi connectivity index (χ1) is 8.21. The number of carbonyl (C=O) groups is 1. The second-order valence-electron chi connectivity index (χ2n) is 3.18. The van der Waals surface area contributed by atoms with E-state index in [1.54, 1.807) is 0 Å². The topological polar surface area (TPSA) is 81.5 Å². The van der Waals surface area contributed by atoms with Crippen LogP contribution in [0.25, 0.3) is 0 Å². The van der Waals surface area contributed by atoms with E-state index in [1.165, 1.54) is 0 Å². The summed E-state index contributed by atoms with van der Waals surface area (Å²) in [6.45, 7) is 1.04. The number of rotatable bonds is 3. The van der Waals surface area contributed by atoms with E-state index in [1.807, 2.05) is 5.48 Å². The van der Waals surface area contributed by atoms with Gasteiger partial charge in [-0.3, -0.25) is 14.9 Å². The third-order valence-electron chi connectivity index (χ3n) is 1.81. The second kappa shape index (κ2) is 4.90. The van der Waals surface area contributed by atoms with Crippen LogP contribution in [0.15, 0.2) is 18.2 Å². The molecule has 0 unspecified atom stereocenters. The Morgan fingerprint density at radius 2 is 2.06 bits per heavy atom. The van der Waals surface area contributed by atoms with Crippen LogP contribution in [0.1, 0.15) is 12.5 Å². The van der Waals surface area contributed by atoms with E-state index >= 15 is 0 Å². The van der Waals surface area contributed by atoms with Crippen LogP contribution in [0.3, 0.4) is 0 Å². The second-order valence-corrected chi connectivity index (χ2v) is 3.18. The van der Waals surface area contributed by atoms with Crippen molar-refractivity contribution in [2.24, 2.45) is 0 Å². The van der Waals surface area contributed by atoms with E-state index < -0.39 is 28.3 Å². The van der Waals surface area contributed by atoms with Crippen molar-refractivity contribution < 1.29 is 27.7 Å². The molecule has 1 rings (SSSR count). The third kappa shape index (κ3) is 3.34. The van der Waals surface area contributed by atoms with E-state index in [-0.39, 0.29) is 5.69 Å². The Labute approximate surface area is 98.5 Å². The molecule has 0 aliphatic rings. The Bertz CT molecular complexity index is 487. The molecule has 0 aromatic heterocycles. The molecule has 0 saturated heterocycles. The number of nitrogens with zero attached hydrogens (tertiary/aromatic N) is 1. The Hall–Kier alpha value is -2.32. The highest BCUT2D eigenvalue weighted by Gasteiger charge is 2.38. The molecule has 0 aliphatic carbocycles. The lowest BCUT2D eigenvalue weighted by molar-refractivity contribution is -0.388. The van der Waals surface area contributed by atoms with Crippen LogP contribution in [0.5, 0.6) is 0 Å². The smallest absolute Gasteiger partial charge is 0.344 e. The van der Waals surface area contributed by atoms with Gasteiger partial charge in [0.25, 0.3) is 5.69 Å². The lowest BCUT2D eigenvalue weighted by Crippen LogP contribution is -2.11. The fraction of sp³-hybridized carbons (Fsp3) is 0.222. The molecule has 1 N–H and O–H groups in total. The van der Waals surface area contributed by atoms with E-state index in [4.69, 9.17) is 0 Å². The third-order valence-corrected chi connectivity index (χ3v) is 1.81. The Morgan fingerprint density at radius 1 is 1.44 bits per heavy atom. The number of anilines is 1. The van der Waals surface area contributed by atoms with Gasteiger partial charge in [0.2, 0.25) is 0 Å². The van der Waals surface area contributed by atoms with Crippen molar-refractivity contribution in [2.45, 2.75) is 13.1 Å². The number of nitrogens with one attached hydrogen (secondary N) is 1. The summed E-state index contributed by atoms with van der Waals surface area (Å²) in [7, 11) is 0. The zero-order valence-electron chi connectivity index (χ0n) is 8.95. The molecule has 0 bridgehead atoms. The van der Waals surface area contributed by atoms with E-state index in [2.05, 4.69) is 4.84 Å². The van der Waals surface area contributed by atoms with Gasteiger partial charge in [0, 0.05) is 13.0 Å². The molecule has 1 aromatic rings. The molecule has 9 heteroatoms. The summed E-state index contributed by atoms with van der Waals surface area (Å²) in [6.07, 6.45) is -4.88. The quantitative estimate of drug-likeness (QED) is 0.670. The van der Waals surface area contributed by atoms with Crippen molar-refractivity contribution in [1.82, 2.24) is 0 Å². The van der Waals surface area contributed by atoms with Gasteiger partial charge in [-0.1, -0.05) is 0 Å². The van der Waals surface area contributed by atoms with Gasteiger partial charge in [-0.25, -0.2) is 5.48 Å². The van der Waals surface area contributed by atoms with Crippen molar-refractivity contribution >= 4 is 17.3 Å². The van der Waals surface area contributed by atoms with Crippen LogP contribution in [0, 0.1) is 10.1 Å². The Kier molecular flexibility index (Phi) is 3.74. The lowest BCUT2D eigenvalue weighted by atomic mass is 10.1. The number of nitro benzene ring substituents is 1. The fourth-order valence-electron chi connectivity index (χ4n) is 1.12. The zero-order chi connectivity index (χ0) is 13.9. The largest absolute Gasteiger partial charge is 0.423 e. The Balaban J connectivity index is 3.14. The molecular weight excluding hydrogens is 257 g/mol. The molecule has 0 aliphatic heterocycles. The van der Waals surface area contributed by atoms with Gasteiger partial charge in [-0.05, 0) is 12.1 Å². The number of halogens is 3. The number of carbonyl (C=O) groups excluding carboxylic acids is 1. The molecule has 0 spiro atoms. The van der Waals surface area contributed by atoms with E-state index in [0.717, 1.165) is 13.0 Å². The maximum absolute atomic E-state index is 12.5. The highest BCUT2D eigenvalue weighted by atomic mass is 19.4. The van der Waals surface area contributed by atoms with Gasteiger partial charge >= 0.3 is 12.1 Å². The predicted molar refractivity (Wildman–Crippen MR) is 53.5 cm³/mol. The summed E-state index contributed by atoms with van der Waals surface area (Å²) in [6, 6.07) is 2.16. The molecule has 0 saturated carbocycles. The van der Waals surface area contributed by atoms with E-state index in [0.29, 0.717) is 12.1 Å². The molecule has 6 nitrogen and oxygen atoms in total. The van der Waals surface area contributed by atoms with Crippen molar-refractivity contribution in [3.63, 3.8) is 0 Å². The minimum Gasteiger partial charge on any atom is -0.344 e. The van der Waals surface area contributed by atoms with Crippen LogP contribution in [-0.4, -0.2) is 10.9 Å². The summed E-state index contributed by atoms with van der Waals surface area (Å²) >= 11 is 0. The van der Waals surface area contributed by atoms with Crippen LogP contribution >= 0.6 is 0 Å². The molecule has 18 heavy (non-hydrogen) atoms. The number of benzene rings is 1. The van der Waals surface area contributed by atoms with Crippen molar-refractivity contribution in [2.75, 3.05) is 5.48 Å². The van der Waals surface area contributed by atoms with Crippen molar-refractivity contribution in [3.05, 3.63) is 33.9 Å². The van der Waals surface area contributed by atoms with Crippen LogP contribution in [-0.2, 0) is 15.8 Å². The number of hydrogen-bond acceptors (Lipinski definition) is 5. The average molecular weight is 264 g/mol. The van der Waals surface area contributed by atoms with Gasteiger partial charge in [0.05, 0.1) is 10.6 Å². The first-order valence-corrected chi connectivity index (χ1v) is 4.51. The summed E-state index contributed by atoms with van der Waals surface area (Å²) in [4.78, 5) is 24.0. The van der Waals surface area contributed by atoms with Crippen LogP contribution in [0.4, 0.5) is 24.5 Å². The highest BCUT2D eigenvalue weighted by Crippen LogP contribution is 2.37. The molecule has 0 fully saturated rings. The van der Waals surface area contributed by atoms with Crippen molar-refractivity contribution in [3.8, 4) is 0 Å². The highest BCUT2D eigenvalue weighted by molar-refractivity contribution is 5.67. The van der Waals surface area contributed by atoms with Gasteiger partial charge in [0.1, 0.15) is 5.56 Å². The summed E-state index contributed by atoms with van der Waals surface area (Å²) in [5.41, 5.74) is -0.768. The SMILES string of the molecule is CC(=O)ONc1ccc([N+](=O)[O-])c(C(F)(F)F)c1. The molecule has 0 atom stereocenters. The first kappa shape index (κ1) is 13.7. The van der Waals surface area contributed by atoms with Gasteiger partial charge in [-0.2, -0.15) is 13.2 Å². The predicted octanol–water partition coefficient (Wildman–Crippen LogP) is 2.50. The maximum Gasteiger partial charge on any atom is 0.423 e. The average Bonchev–Trinajstić information content (AvgIpc) is 2.24. The first-order valence-electron chi connectivity index (χ1n) is 4.51. The van der Waals surface area contributed by atoms with Gasteiger partial charge < -0.3 is 4.84 Å². The number of alkyl halides is 3. The molecular formula is C9H7F3N2O4. The minimum absolute atomic E-state index is 0.219. The van der Waals surface area contributed by atoms with Gasteiger partial charge in [-0.15, -0.1) is 0 Å². The fourth-order valence-corrected chi connectivity index (χ4v) is 1.12. The van der Waals surface area contributed by atoms with Gasteiger partial charge in [0.15, 0.2) is 0 Å². The normalized spacial score (nSPS) is 10.9. The Morgan fingerprint density at radius 3 is 2.50 bits per heavy atom. The standard InChI is InChI=1S/C9H7F3N2O4/c1-5(15)18-13-6-2-3-8(14(16)17)7(4-6)9(10,11)12/h2-4,13H,1H3.